The number of hydrogen-bond acceptors (Lipinski definition) is 3. The van der Waals surface area contributed by atoms with Crippen LogP contribution in [0, 0.1) is 0 Å². The van der Waals surface area contributed by atoms with Crippen molar-refractivity contribution in [3.63, 3.8) is 0 Å². The number of carbonyl (C=O) groups excluding carboxylic acids is 2. The summed E-state index contributed by atoms with van der Waals surface area (Å²) in [5.74, 6) is 0.154. The second-order valence-corrected chi connectivity index (χ2v) is 6.21. The normalized spacial score (nSPS) is 22.0. The third-order valence-electron chi connectivity index (χ3n) is 4.31. The lowest BCUT2D eigenvalue weighted by molar-refractivity contribution is -0.134. The molecule has 22 heavy (non-hydrogen) atoms. The van der Waals surface area contributed by atoms with Crippen molar-refractivity contribution < 1.29 is 9.59 Å². The number of rotatable bonds is 2. The fourth-order valence-electron chi connectivity index (χ4n) is 3.05. The first-order valence-electron chi connectivity index (χ1n) is 7.72. The lowest BCUT2D eigenvalue weighted by atomic mass is 10.1. The summed E-state index contributed by atoms with van der Waals surface area (Å²) in [4.78, 5) is 28.4. The summed E-state index contributed by atoms with van der Waals surface area (Å²) in [6.45, 7) is 3.27. The van der Waals surface area contributed by atoms with Crippen LogP contribution in [-0.2, 0) is 4.79 Å². The van der Waals surface area contributed by atoms with Gasteiger partial charge >= 0.3 is 0 Å². The molecule has 6 heteroatoms. The molecule has 0 radical (unpaired) electrons. The second kappa shape index (κ2) is 6.67. The van der Waals surface area contributed by atoms with Crippen LogP contribution in [0.5, 0.6) is 0 Å². The lowest BCUT2D eigenvalue weighted by Gasteiger charge is -2.36. The molecule has 5 nitrogen and oxygen atoms in total. The summed E-state index contributed by atoms with van der Waals surface area (Å²) >= 11 is 5.93. The molecule has 0 spiro atoms. The molecule has 0 aromatic heterocycles. The minimum Gasteiger partial charge on any atom is -0.338 e. The highest BCUT2D eigenvalue weighted by atomic mass is 35.5. The average Bonchev–Trinajstić information content (AvgIpc) is 3.08. The number of piperazine rings is 1. The number of amides is 2. The van der Waals surface area contributed by atoms with Gasteiger partial charge in [0.25, 0.3) is 5.91 Å². The Morgan fingerprint density at radius 3 is 2.50 bits per heavy atom. The predicted octanol–water partition coefficient (Wildman–Crippen LogP) is 1.38. The number of carbonyl (C=O) groups is 2. The molecule has 1 N–H and O–H groups in total. The largest absolute Gasteiger partial charge is 0.338 e. The molecule has 0 saturated carbocycles. The van der Waals surface area contributed by atoms with Crippen molar-refractivity contribution in [1.82, 2.24) is 15.1 Å². The predicted molar refractivity (Wildman–Crippen MR) is 85.0 cm³/mol. The molecule has 0 bridgehead atoms. The Labute approximate surface area is 135 Å². The van der Waals surface area contributed by atoms with Crippen molar-refractivity contribution in [2.75, 3.05) is 32.7 Å². The number of benzene rings is 1. The van der Waals surface area contributed by atoms with Crippen LogP contribution in [0.15, 0.2) is 24.3 Å². The summed E-state index contributed by atoms with van der Waals surface area (Å²) in [6, 6.07) is 6.96. The summed E-state index contributed by atoms with van der Waals surface area (Å²) in [5, 5.41) is 3.80. The van der Waals surface area contributed by atoms with Gasteiger partial charge in [0, 0.05) is 36.8 Å². The molecule has 2 aliphatic heterocycles. The van der Waals surface area contributed by atoms with Gasteiger partial charge in [0.15, 0.2) is 0 Å². The molecule has 2 saturated heterocycles. The Morgan fingerprint density at radius 2 is 1.86 bits per heavy atom. The van der Waals surface area contributed by atoms with Gasteiger partial charge in [-0.25, -0.2) is 0 Å². The molecule has 3 rings (SSSR count). The van der Waals surface area contributed by atoms with Crippen LogP contribution in [0.25, 0.3) is 0 Å². The van der Waals surface area contributed by atoms with Gasteiger partial charge in [-0.2, -0.15) is 0 Å². The van der Waals surface area contributed by atoms with Gasteiger partial charge in [0.2, 0.25) is 5.91 Å². The maximum atomic E-state index is 12.4. The Bertz CT molecular complexity index is 564. The topological polar surface area (TPSA) is 52.7 Å². The smallest absolute Gasteiger partial charge is 0.254 e. The zero-order valence-electron chi connectivity index (χ0n) is 12.4. The highest BCUT2D eigenvalue weighted by molar-refractivity contribution is 6.30. The number of nitrogens with zero attached hydrogens (tertiary/aromatic N) is 2. The highest BCUT2D eigenvalue weighted by Gasteiger charge is 2.30. The molecule has 2 aliphatic rings. The molecular weight excluding hydrogens is 302 g/mol. The average molecular weight is 322 g/mol. The van der Waals surface area contributed by atoms with E-state index < -0.39 is 0 Å². The fraction of sp³-hybridized carbons (Fsp3) is 0.500. The van der Waals surface area contributed by atoms with E-state index in [0.717, 1.165) is 19.4 Å². The van der Waals surface area contributed by atoms with Crippen molar-refractivity contribution >= 4 is 23.4 Å². The van der Waals surface area contributed by atoms with Gasteiger partial charge in [0.1, 0.15) is 0 Å². The standard InChI is InChI=1S/C16H20ClN3O2/c17-13-4-1-3-12(11-13)15(21)19-7-9-20(10-8-19)16(22)14-5-2-6-18-14/h1,3-4,11,14,18H,2,5-10H2. The van der Waals surface area contributed by atoms with Gasteiger partial charge in [-0.1, -0.05) is 17.7 Å². The van der Waals surface area contributed by atoms with E-state index in [9.17, 15) is 9.59 Å². The Kier molecular flexibility index (Phi) is 4.64. The summed E-state index contributed by atoms with van der Waals surface area (Å²) in [6.07, 6.45) is 1.98. The van der Waals surface area contributed by atoms with E-state index in [4.69, 9.17) is 11.6 Å². The van der Waals surface area contributed by atoms with Crippen LogP contribution in [-0.4, -0.2) is 60.4 Å². The van der Waals surface area contributed by atoms with E-state index in [1.54, 1.807) is 29.2 Å². The molecule has 1 atom stereocenters. The molecule has 2 fully saturated rings. The minimum absolute atomic E-state index is 0.0198. The van der Waals surface area contributed by atoms with Crippen LogP contribution in [0.2, 0.25) is 5.02 Å². The molecule has 1 aromatic rings. The molecule has 0 aliphatic carbocycles. The summed E-state index contributed by atoms with van der Waals surface area (Å²) < 4.78 is 0. The minimum atomic E-state index is -0.0322. The van der Waals surface area contributed by atoms with Gasteiger partial charge < -0.3 is 15.1 Å². The molecule has 2 heterocycles. The maximum Gasteiger partial charge on any atom is 0.254 e. The first kappa shape index (κ1) is 15.3. The maximum absolute atomic E-state index is 12.4. The first-order valence-corrected chi connectivity index (χ1v) is 8.10. The monoisotopic (exact) mass is 321 g/mol. The lowest BCUT2D eigenvalue weighted by Crippen LogP contribution is -2.54. The van der Waals surface area contributed by atoms with Gasteiger partial charge in [0.05, 0.1) is 6.04 Å². The Morgan fingerprint density at radius 1 is 1.14 bits per heavy atom. The van der Waals surface area contributed by atoms with E-state index in [1.807, 2.05) is 4.90 Å². The fourth-order valence-corrected chi connectivity index (χ4v) is 3.24. The van der Waals surface area contributed by atoms with E-state index in [2.05, 4.69) is 5.32 Å². The van der Waals surface area contributed by atoms with Crippen LogP contribution in [0.1, 0.15) is 23.2 Å². The third kappa shape index (κ3) is 3.25. The first-order chi connectivity index (χ1) is 10.6. The van der Waals surface area contributed by atoms with Crippen molar-refractivity contribution in [1.29, 1.82) is 0 Å². The van der Waals surface area contributed by atoms with Crippen molar-refractivity contribution in [3.05, 3.63) is 34.9 Å². The van der Waals surface area contributed by atoms with Gasteiger partial charge in [-0.15, -0.1) is 0 Å². The van der Waals surface area contributed by atoms with Crippen LogP contribution in [0.3, 0.4) is 0 Å². The summed E-state index contributed by atoms with van der Waals surface area (Å²) in [7, 11) is 0. The van der Waals surface area contributed by atoms with E-state index in [-0.39, 0.29) is 17.9 Å². The third-order valence-corrected chi connectivity index (χ3v) is 4.54. The quantitative estimate of drug-likeness (QED) is 0.895. The molecule has 1 unspecified atom stereocenters. The molecular formula is C16H20ClN3O2. The SMILES string of the molecule is O=C(c1cccc(Cl)c1)N1CCN(C(=O)C2CCCN2)CC1. The van der Waals surface area contributed by atoms with Crippen LogP contribution < -0.4 is 5.32 Å². The van der Waals surface area contributed by atoms with E-state index in [0.29, 0.717) is 36.8 Å². The van der Waals surface area contributed by atoms with Crippen molar-refractivity contribution in [2.45, 2.75) is 18.9 Å². The number of hydrogen-bond donors (Lipinski definition) is 1. The van der Waals surface area contributed by atoms with Crippen molar-refractivity contribution in [3.8, 4) is 0 Å². The van der Waals surface area contributed by atoms with Gasteiger partial charge in [-0.05, 0) is 37.6 Å². The zero-order chi connectivity index (χ0) is 15.5. The summed E-state index contributed by atoms with van der Waals surface area (Å²) in [5.41, 5.74) is 0.602. The number of halogens is 1. The van der Waals surface area contributed by atoms with E-state index in [1.165, 1.54) is 0 Å². The number of nitrogens with one attached hydrogen (secondary N) is 1. The van der Waals surface area contributed by atoms with Crippen LogP contribution >= 0.6 is 11.6 Å². The Hall–Kier alpha value is -1.59. The zero-order valence-corrected chi connectivity index (χ0v) is 13.2. The highest BCUT2D eigenvalue weighted by Crippen LogP contribution is 2.15. The van der Waals surface area contributed by atoms with Crippen molar-refractivity contribution in [2.24, 2.45) is 0 Å². The Balaban J connectivity index is 1.57. The van der Waals surface area contributed by atoms with Crippen LogP contribution in [0.4, 0.5) is 0 Å². The second-order valence-electron chi connectivity index (χ2n) is 5.78. The van der Waals surface area contributed by atoms with E-state index >= 15 is 0 Å². The molecule has 1 aromatic carbocycles. The van der Waals surface area contributed by atoms with Gasteiger partial charge in [-0.3, -0.25) is 9.59 Å². The molecule has 118 valence electrons. The molecule has 2 amide bonds.